The van der Waals surface area contributed by atoms with Crippen LogP contribution in [0.4, 0.5) is 8.63 Å². The monoisotopic (exact) mass is 270 g/mol. The smallest absolute Gasteiger partial charge is 0.389 e. The molecule has 98 valence electrons. The van der Waals surface area contributed by atoms with Crippen LogP contribution < -0.4 is 9.91 Å². The summed E-state index contributed by atoms with van der Waals surface area (Å²) in [6.45, 7) is -3.97. The molecule has 1 aromatic carbocycles. The Morgan fingerprint density at radius 3 is 2.65 bits per heavy atom. The molecule has 0 aliphatic carbocycles. The van der Waals surface area contributed by atoms with Crippen molar-refractivity contribution in [2.24, 2.45) is 0 Å². The van der Waals surface area contributed by atoms with E-state index in [1.165, 1.54) is 12.3 Å². The molecule has 2 aromatic heterocycles. The first-order valence-electron chi connectivity index (χ1n) is 6.28. The second-order valence-corrected chi connectivity index (χ2v) is 4.86. The van der Waals surface area contributed by atoms with Gasteiger partial charge in [-0.25, -0.2) is 0 Å². The van der Waals surface area contributed by atoms with Crippen LogP contribution in [0.5, 0.6) is 0 Å². The second kappa shape index (κ2) is 3.53. The third-order valence-electron chi connectivity index (χ3n) is 3.75. The summed E-state index contributed by atoms with van der Waals surface area (Å²) in [6, 6.07) is 12.6. The lowest BCUT2D eigenvalue weighted by Crippen LogP contribution is -2.60. The third-order valence-corrected chi connectivity index (χ3v) is 3.75. The molecule has 0 spiro atoms. The minimum absolute atomic E-state index is 0.240. The van der Waals surface area contributed by atoms with E-state index in [0.29, 0.717) is 11.1 Å². The molecule has 0 radical (unpaired) electrons. The van der Waals surface area contributed by atoms with E-state index in [0.717, 1.165) is 8.96 Å². The Morgan fingerprint density at radius 2 is 1.80 bits per heavy atom. The number of aromatic nitrogens is 2. The van der Waals surface area contributed by atoms with Crippen LogP contribution in [0.3, 0.4) is 0 Å². The maximum atomic E-state index is 14.7. The Kier molecular flexibility index (Phi) is 2.00. The molecule has 0 saturated carbocycles. The fourth-order valence-electron chi connectivity index (χ4n) is 2.89. The lowest BCUT2D eigenvalue weighted by atomic mass is 9.97. The van der Waals surface area contributed by atoms with Crippen molar-refractivity contribution in [3.63, 3.8) is 0 Å². The van der Waals surface area contributed by atoms with E-state index in [-0.39, 0.29) is 16.6 Å². The summed E-state index contributed by atoms with van der Waals surface area (Å²) >= 11 is 0. The number of rotatable bonds is 0. The zero-order chi connectivity index (χ0) is 13.9. The van der Waals surface area contributed by atoms with Gasteiger partial charge in [0, 0.05) is 23.0 Å². The summed E-state index contributed by atoms with van der Waals surface area (Å²) < 4.78 is 31.3. The zero-order valence-corrected chi connectivity index (χ0v) is 10.3. The standard InChI is InChI=1S/C14H9BF2N2O/c16-15(17)18-8-4-3-7-12(18)13-9-14(20)10-5-1-2-6-11(10)19(13)15/h1-9H. The minimum Gasteiger partial charge on any atom is -0.389 e. The Morgan fingerprint density at radius 1 is 1.05 bits per heavy atom. The molecule has 3 heterocycles. The molecule has 3 nitrogen and oxygen atoms in total. The van der Waals surface area contributed by atoms with E-state index in [1.54, 1.807) is 42.5 Å². The number of pyridine rings is 2. The number of fused-ring (bicyclic) bond motifs is 5. The van der Waals surface area contributed by atoms with Crippen LogP contribution in [0.2, 0.25) is 0 Å². The van der Waals surface area contributed by atoms with Gasteiger partial charge in [-0.2, -0.15) is 0 Å². The fourth-order valence-corrected chi connectivity index (χ4v) is 2.89. The summed E-state index contributed by atoms with van der Waals surface area (Å²) in [5, 5.41) is 0.311. The van der Waals surface area contributed by atoms with E-state index < -0.39 is 6.97 Å². The number of nitrogens with zero attached hydrogens (tertiary/aromatic N) is 2. The molecule has 0 N–H and O–H groups in total. The maximum absolute atomic E-state index is 14.7. The van der Waals surface area contributed by atoms with Crippen molar-refractivity contribution in [2.75, 3.05) is 0 Å². The van der Waals surface area contributed by atoms with E-state index >= 15 is 0 Å². The Balaban J connectivity index is 2.26. The first-order chi connectivity index (χ1) is 9.60. The van der Waals surface area contributed by atoms with Crippen molar-refractivity contribution in [1.29, 1.82) is 0 Å². The van der Waals surface area contributed by atoms with Crippen LogP contribution in [0.1, 0.15) is 0 Å². The number of hydrogen-bond acceptors (Lipinski definition) is 1. The van der Waals surface area contributed by atoms with Crippen molar-refractivity contribution in [3.8, 4) is 11.4 Å². The molecule has 20 heavy (non-hydrogen) atoms. The van der Waals surface area contributed by atoms with Crippen molar-refractivity contribution in [2.45, 2.75) is 0 Å². The molecule has 3 aromatic rings. The molecule has 1 aliphatic heterocycles. The topological polar surface area (TPSA) is 25.9 Å². The van der Waals surface area contributed by atoms with E-state index in [4.69, 9.17) is 0 Å². The molecule has 0 bridgehead atoms. The maximum Gasteiger partial charge on any atom is 0.737 e. The van der Waals surface area contributed by atoms with Gasteiger partial charge in [-0.3, -0.25) is 4.79 Å². The Labute approximate surface area is 112 Å². The average molecular weight is 270 g/mol. The van der Waals surface area contributed by atoms with Gasteiger partial charge in [-0.1, -0.05) is 18.2 Å². The molecule has 0 fully saturated rings. The van der Waals surface area contributed by atoms with Crippen molar-refractivity contribution in [3.05, 3.63) is 65.0 Å². The number of halogens is 2. The van der Waals surface area contributed by atoms with Crippen LogP contribution in [-0.2, 0) is 0 Å². The van der Waals surface area contributed by atoms with E-state index in [9.17, 15) is 13.4 Å². The molecule has 0 amide bonds. The largest absolute Gasteiger partial charge is 0.737 e. The number of hydrogen-bond donors (Lipinski definition) is 0. The first kappa shape index (κ1) is 11.3. The SMILES string of the molecule is O=c1cc2n(c3ccccc13)[B-](F)(F)[n+]1ccccc1-2. The highest BCUT2D eigenvalue weighted by atomic mass is 19.2. The second-order valence-electron chi connectivity index (χ2n) is 4.86. The van der Waals surface area contributed by atoms with Crippen molar-refractivity contribution < 1.29 is 13.1 Å². The molecular formula is C14H9BF2N2O. The lowest BCUT2D eigenvalue weighted by Gasteiger charge is -2.17. The van der Waals surface area contributed by atoms with Gasteiger partial charge in [0.25, 0.3) is 0 Å². The summed E-state index contributed by atoms with van der Waals surface area (Å²) in [7, 11) is 0. The van der Waals surface area contributed by atoms with Gasteiger partial charge in [0.15, 0.2) is 11.1 Å². The summed E-state index contributed by atoms with van der Waals surface area (Å²) in [5.74, 6) is 0. The van der Waals surface area contributed by atoms with Gasteiger partial charge in [-0.05, 0) is 18.2 Å². The summed E-state index contributed by atoms with van der Waals surface area (Å²) in [4.78, 5) is 12.1. The van der Waals surface area contributed by atoms with E-state index in [1.807, 2.05) is 0 Å². The zero-order valence-electron chi connectivity index (χ0n) is 10.3. The van der Waals surface area contributed by atoms with Gasteiger partial charge in [0.1, 0.15) is 6.20 Å². The highest BCUT2D eigenvalue weighted by Gasteiger charge is 2.51. The van der Waals surface area contributed by atoms with Gasteiger partial charge in [0.05, 0.1) is 5.69 Å². The number of benzene rings is 1. The average Bonchev–Trinajstić information content (AvgIpc) is 2.68. The van der Waals surface area contributed by atoms with Crippen LogP contribution in [0.25, 0.3) is 22.3 Å². The fraction of sp³-hybridized carbons (Fsp3) is 0. The minimum atomic E-state index is -3.97. The van der Waals surface area contributed by atoms with Crippen LogP contribution >= 0.6 is 0 Å². The highest BCUT2D eigenvalue weighted by Crippen LogP contribution is 2.30. The summed E-state index contributed by atoms with van der Waals surface area (Å²) in [6.07, 6.45) is 1.35. The van der Waals surface area contributed by atoms with Crippen molar-refractivity contribution >= 4 is 17.9 Å². The van der Waals surface area contributed by atoms with E-state index in [2.05, 4.69) is 0 Å². The molecule has 1 aliphatic rings. The predicted molar refractivity (Wildman–Crippen MR) is 72.6 cm³/mol. The van der Waals surface area contributed by atoms with Crippen LogP contribution in [0.15, 0.2) is 59.5 Å². The number of para-hydroxylation sites is 1. The van der Waals surface area contributed by atoms with Gasteiger partial charge in [0.2, 0.25) is 0 Å². The normalized spacial score (nSPS) is 15.1. The first-order valence-corrected chi connectivity index (χ1v) is 6.28. The molecule has 0 saturated heterocycles. The molecule has 0 atom stereocenters. The molecular weight excluding hydrogens is 261 g/mol. The third kappa shape index (κ3) is 1.23. The Bertz CT molecular complexity index is 920. The highest BCUT2D eigenvalue weighted by molar-refractivity contribution is 6.58. The quantitative estimate of drug-likeness (QED) is 0.574. The van der Waals surface area contributed by atoms with Crippen molar-refractivity contribution in [1.82, 2.24) is 4.48 Å². The van der Waals surface area contributed by atoms with Gasteiger partial charge >= 0.3 is 6.97 Å². The lowest BCUT2D eigenvalue weighted by molar-refractivity contribution is -0.551. The summed E-state index contributed by atoms with van der Waals surface area (Å²) in [5.41, 5.74) is 0.652. The molecule has 4 rings (SSSR count). The predicted octanol–water partition coefficient (Wildman–Crippen LogP) is 2.04. The van der Waals surface area contributed by atoms with Crippen LogP contribution in [-0.4, -0.2) is 11.4 Å². The van der Waals surface area contributed by atoms with Crippen LogP contribution in [0, 0.1) is 0 Å². The van der Waals surface area contributed by atoms with Gasteiger partial charge < -0.3 is 17.6 Å². The molecule has 0 unspecified atom stereocenters. The molecule has 6 heteroatoms. The Hall–Kier alpha value is -2.50. The van der Waals surface area contributed by atoms with Gasteiger partial charge in [-0.15, -0.1) is 0 Å².